The molecule has 1 unspecified atom stereocenters. The first-order valence-corrected chi connectivity index (χ1v) is 5.42. The van der Waals surface area contributed by atoms with Crippen LogP contribution in [-0.4, -0.2) is 35.2 Å². The summed E-state index contributed by atoms with van der Waals surface area (Å²) in [5.41, 5.74) is 2.06. The van der Waals surface area contributed by atoms with Crippen molar-refractivity contribution in [3.05, 3.63) is 17.7 Å². The largest absolute Gasteiger partial charge is 0.465 e. The predicted octanol–water partition coefficient (Wildman–Crippen LogP) is 0.651. The summed E-state index contributed by atoms with van der Waals surface area (Å²) in [6, 6.07) is -0.327. The number of esters is 1. The highest BCUT2D eigenvalue weighted by molar-refractivity contribution is 5.75. The van der Waals surface area contributed by atoms with Crippen molar-refractivity contribution in [2.75, 3.05) is 13.7 Å². The van der Waals surface area contributed by atoms with Crippen LogP contribution in [0.1, 0.15) is 18.3 Å². The monoisotopic (exact) mass is 225 g/mol. The van der Waals surface area contributed by atoms with Gasteiger partial charge in [-0.15, -0.1) is 0 Å². The van der Waals surface area contributed by atoms with Crippen LogP contribution in [0.4, 0.5) is 0 Å². The molecule has 5 heteroatoms. The second-order valence-electron chi connectivity index (χ2n) is 3.66. The van der Waals surface area contributed by atoms with Crippen molar-refractivity contribution in [3.63, 3.8) is 0 Å². The highest BCUT2D eigenvalue weighted by Gasteiger charge is 2.18. The van der Waals surface area contributed by atoms with Crippen LogP contribution in [0.3, 0.4) is 0 Å². The molecule has 0 aliphatic heterocycles. The molecule has 1 heterocycles. The van der Waals surface area contributed by atoms with Gasteiger partial charge in [-0.3, -0.25) is 4.79 Å². The van der Waals surface area contributed by atoms with Gasteiger partial charge < -0.3 is 14.6 Å². The molecule has 0 saturated heterocycles. The highest BCUT2D eigenvalue weighted by Crippen LogP contribution is 2.05. The second-order valence-corrected chi connectivity index (χ2v) is 3.66. The van der Waals surface area contributed by atoms with E-state index in [0.29, 0.717) is 13.2 Å². The van der Waals surface area contributed by atoms with E-state index in [2.05, 4.69) is 10.3 Å². The minimum Gasteiger partial charge on any atom is -0.465 e. The van der Waals surface area contributed by atoms with Crippen molar-refractivity contribution in [1.82, 2.24) is 14.9 Å². The molecule has 16 heavy (non-hydrogen) atoms. The lowest BCUT2D eigenvalue weighted by Crippen LogP contribution is -2.39. The maximum atomic E-state index is 11.6. The molecular weight excluding hydrogens is 206 g/mol. The van der Waals surface area contributed by atoms with Crippen LogP contribution >= 0.6 is 0 Å². The molecule has 1 rings (SSSR count). The van der Waals surface area contributed by atoms with Gasteiger partial charge in [0, 0.05) is 12.2 Å². The van der Waals surface area contributed by atoms with E-state index >= 15 is 0 Å². The van der Waals surface area contributed by atoms with Gasteiger partial charge in [-0.1, -0.05) is 0 Å². The molecule has 5 nitrogen and oxygen atoms in total. The molecular formula is C11H19N3O2. The van der Waals surface area contributed by atoms with Gasteiger partial charge in [0.25, 0.3) is 0 Å². The number of likely N-dealkylation sites (N-methyl/N-ethyl adjacent to an activating group) is 1. The number of hydrogen-bond acceptors (Lipinski definition) is 4. The average molecular weight is 225 g/mol. The van der Waals surface area contributed by atoms with E-state index in [1.165, 1.54) is 0 Å². The zero-order chi connectivity index (χ0) is 12.1. The normalized spacial score (nSPS) is 12.5. The number of rotatable bonds is 5. The summed E-state index contributed by atoms with van der Waals surface area (Å²) in [6.07, 6.45) is 1.74. The van der Waals surface area contributed by atoms with Gasteiger partial charge in [-0.25, -0.2) is 4.98 Å². The number of nitrogens with one attached hydrogen (secondary N) is 1. The molecule has 0 saturated carbocycles. The second kappa shape index (κ2) is 5.65. The fourth-order valence-corrected chi connectivity index (χ4v) is 1.45. The first-order chi connectivity index (χ1) is 7.60. The Bertz CT molecular complexity index is 360. The van der Waals surface area contributed by atoms with E-state index in [9.17, 15) is 4.79 Å². The van der Waals surface area contributed by atoms with E-state index in [1.54, 1.807) is 20.3 Å². The Morgan fingerprint density at radius 2 is 2.31 bits per heavy atom. The molecule has 0 aliphatic carbocycles. The van der Waals surface area contributed by atoms with Crippen LogP contribution in [0.2, 0.25) is 0 Å². The predicted molar refractivity (Wildman–Crippen MR) is 61.2 cm³/mol. The van der Waals surface area contributed by atoms with Crippen LogP contribution in [0, 0.1) is 13.8 Å². The van der Waals surface area contributed by atoms with Crippen molar-refractivity contribution in [2.24, 2.45) is 0 Å². The Hall–Kier alpha value is -1.36. The third kappa shape index (κ3) is 2.82. The number of carbonyl (C=O) groups is 1. The summed E-state index contributed by atoms with van der Waals surface area (Å²) < 4.78 is 6.93. The fraction of sp³-hybridized carbons (Fsp3) is 0.636. The number of nitrogens with zero attached hydrogens (tertiary/aromatic N) is 2. The first kappa shape index (κ1) is 12.7. The standard InChI is InChI=1S/C11H19N3O2/c1-5-16-11(15)10(12-4)6-14-7-13-8(2)9(14)3/h7,10,12H,5-6H2,1-4H3. The van der Waals surface area contributed by atoms with E-state index in [4.69, 9.17) is 4.74 Å². The number of ether oxygens (including phenoxy) is 1. The SMILES string of the molecule is CCOC(=O)C(Cn1cnc(C)c1C)NC. The average Bonchev–Trinajstić information content (AvgIpc) is 2.57. The molecule has 1 atom stereocenters. The minimum atomic E-state index is -0.327. The third-order valence-corrected chi connectivity index (χ3v) is 2.64. The van der Waals surface area contributed by atoms with Gasteiger partial charge in [0.2, 0.25) is 0 Å². The van der Waals surface area contributed by atoms with Crippen molar-refractivity contribution in [3.8, 4) is 0 Å². The van der Waals surface area contributed by atoms with Gasteiger partial charge in [-0.2, -0.15) is 0 Å². The molecule has 0 spiro atoms. The van der Waals surface area contributed by atoms with Crippen LogP contribution in [-0.2, 0) is 16.1 Å². The number of hydrogen-bond donors (Lipinski definition) is 1. The topological polar surface area (TPSA) is 56.2 Å². The number of imidazole rings is 1. The highest BCUT2D eigenvalue weighted by atomic mass is 16.5. The molecule has 0 fully saturated rings. The quantitative estimate of drug-likeness (QED) is 0.748. The van der Waals surface area contributed by atoms with E-state index in [1.807, 2.05) is 18.4 Å². The van der Waals surface area contributed by atoms with Crippen molar-refractivity contribution in [2.45, 2.75) is 33.4 Å². The van der Waals surface area contributed by atoms with Gasteiger partial charge in [0.15, 0.2) is 0 Å². The van der Waals surface area contributed by atoms with E-state index in [0.717, 1.165) is 11.4 Å². The Kier molecular flexibility index (Phi) is 4.49. The molecule has 1 aromatic rings. The van der Waals surface area contributed by atoms with Crippen molar-refractivity contribution in [1.29, 1.82) is 0 Å². The Balaban J connectivity index is 2.70. The molecule has 0 amide bonds. The van der Waals surface area contributed by atoms with Gasteiger partial charge >= 0.3 is 5.97 Å². The molecule has 0 aliphatic rings. The first-order valence-electron chi connectivity index (χ1n) is 5.42. The zero-order valence-electron chi connectivity index (χ0n) is 10.3. The molecule has 1 aromatic heterocycles. The van der Waals surface area contributed by atoms with Crippen molar-refractivity contribution >= 4 is 5.97 Å². The summed E-state index contributed by atoms with van der Waals surface area (Å²) in [6.45, 7) is 6.68. The Morgan fingerprint density at radius 1 is 1.62 bits per heavy atom. The molecule has 90 valence electrons. The maximum Gasteiger partial charge on any atom is 0.324 e. The molecule has 0 radical (unpaired) electrons. The molecule has 0 aromatic carbocycles. The summed E-state index contributed by atoms with van der Waals surface area (Å²) >= 11 is 0. The third-order valence-electron chi connectivity index (χ3n) is 2.64. The van der Waals surface area contributed by atoms with E-state index < -0.39 is 0 Å². The van der Waals surface area contributed by atoms with Gasteiger partial charge in [0.05, 0.1) is 18.6 Å². The lowest BCUT2D eigenvalue weighted by molar-refractivity contribution is -0.145. The summed E-state index contributed by atoms with van der Waals surface area (Å²) in [7, 11) is 1.75. The van der Waals surface area contributed by atoms with Crippen LogP contribution < -0.4 is 5.32 Å². The summed E-state index contributed by atoms with van der Waals surface area (Å²) in [5.74, 6) is -0.226. The number of carbonyl (C=O) groups excluding carboxylic acids is 1. The lowest BCUT2D eigenvalue weighted by Gasteiger charge is -2.16. The zero-order valence-corrected chi connectivity index (χ0v) is 10.3. The van der Waals surface area contributed by atoms with Crippen molar-refractivity contribution < 1.29 is 9.53 Å². The van der Waals surface area contributed by atoms with E-state index in [-0.39, 0.29) is 12.0 Å². The number of aryl methyl sites for hydroxylation is 1. The Morgan fingerprint density at radius 3 is 2.75 bits per heavy atom. The summed E-state index contributed by atoms with van der Waals surface area (Å²) in [5, 5.41) is 2.95. The fourth-order valence-electron chi connectivity index (χ4n) is 1.45. The van der Waals surface area contributed by atoms with Gasteiger partial charge in [0.1, 0.15) is 6.04 Å². The minimum absolute atomic E-state index is 0.226. The maximum absolute atomic E-state index is 11.6. The number of aromatic nitrogens is 2. The molecule has 1 N–H and O–H groups in total. The Labute approximate surface area is 95.8 Å². The smallest absolute Gasteiger partial charge is 0.324 e. The summed E-state index contributed by atoms with van der Waals surface area (Å²) in [4.78, 5) is 15.8. The van der Waals surface area contributed by atoms with Crippen LogP contribution in [0.15, 0.2) is 6.33 Å². The van der Waals surface area contributed by atoms with Gasteiger partial charge in [-0.05, 0) is 27.8 Å². The molecule has 0 bridgehead atoms. The lowest BCUT2D eigenvalue weighted by atomic mass is 10.3. The van der Waals surface area contributed by atoms with Crippen LogP contribution in [0.25, 0.3) is 0 Å². The van der Waals surface area contributed by atoms with Crippen LogP contribution in [0.5, 0.6) is 0 Å².